The molecule has 0 spiro atoms. The van der Waals surface area contributed by atoms with Crippen molar-refractivity contribution in [2.24, 2.45) is 0 Å². The molecule has 0 aliphatic rings. The van der Waals surface area contributed by atoms with E-state index in [-0.39, 0.29) is 12.4 Å². The summed E-state index contributed by atoms with van der Waals surface area (Å²) in [5.74, 6) is -0.104. The molecule has 1 aromatic rings. The second kappa shape index (κ2) is 6.39. The van der Waals surface area contributed by atoms with Gasteiger partial charge in [-0.05, 0) is 12.5 Å². The molecular formula is C12H17NO4S. The van der Waals surface area contributed by atoms with Gasteiger partial charge in [-0.1, -0.05) is 30.3 Å². The molecule has 0 aliphatic carbocycles. The maximum atomic E-state index is 11.4. The standard InChI is InChI=1S/C12H17NO4S/c1-10(9-18(2,15)16)13-12(14)17-8-11-6-4-3-5-7-11/h3-7,10H,8-9H2,1-2H3,(H,13,14)/t10-/m0/s1. The molecular weight excluding hydrogens is 254 g/mol. The van der Waals surface area contributed by atoms with Crippen molar-refractivity contribution in [2.75, 3.05) is 12.0 Å². The Labute approximate surface area is 107 Å². The second-order valence-corrected chi connectivity index (χ2v) is 6.38. The van der Waals surface area contributed by atoms with Gasteiger partial charge in [0.2, 0.25) is 0 Å². The van der Waals surface area contributed by atoms with Crippen molar-refractivity contribution in [3.05, 3.63) is 35.9 Å². The summed E-state index contributed by atoms with van der Waals surface area (Å²) < 4.78 is 27.0. The van der Waals surface area contributed by atoms with Crippen LogP contribution in [0.3, 0.4) is 0 Å². The molecule has 1 rings (SSSR count). The van der Waals surface area contributed by atoms with Gasteiger partial charge in [0, 0.05) is 12.3 Å². The van der Waals surface area contributed by atoms with Crippen molar-refractivity contribution in [1.29, 1.82) is 0 Å². The third-order valence-corrected chi connectivity index (χ3v) is 3.24. The van der Waals surface area contributed by atoms with Crippen LogP contribution in [0.1, 0.15) is 12.5 Å². The Morgan fingerprint density at radius 1 is 1.33 bits per heavy atom. The molecule has 1 N–H and O–H groups in total. The summed E-state index contributed by atoms with van der Waals surface area (Å²) in [5.41, 5.74) is 0.878. The summed E-state index contributed by atoms with van der Waals surface area (Å²) in [6.07, 6.45) is 0.510. The zero-order valence-corrected chi connectivity index (χ0v) is 11.2. The molecule has 0 saturated carbocycles. The van der Waals surface area contributed by atoms with E-state index < -0.39 is 22.0 Å². The first-order valence-corrected chi connectivity index (χ1v) is 7.58. The SMILES string of the molecule is C[C@@H](CS(C)(=O)=O)NC(=O)OCc1ccccc1. The van der Waals surface area contributed by atoms with E-state index in [0.717, 1.165) is 11.8 Å². The fraction of sp³-hybridized carbons (Fsp3) is 0.417. The molecule has 18 heavy (non-hydrogen) atoms. The highest BCUT2D eigenvalue weighted by molar-refractivity contribution is 7.90. The topological polar surface area (TPSA) is 72.5 Å². The lowest BCUT2D eigenvalue weighted by molar-refractivity contribution is 0.137. The lowest BCUT2D eigenvalue weighted by atomic mass is 10.2. The summed E-state index contributed by atoms with van der Waals surface area (Å²) in [6.45, 7) is 1.78. The molecule has 0 radical (unpaired) electrons. The van der Waals surface area contributed by atoms with E-state index in [1.54, 1.807) is 6.92 Å². The number of ether oxygens (including phenoxy) is 1. The Hall–Kier alpha value is -1.56. The monoisotopic (exact) mass is 271 g/mol. The molecule has 5 nitrogen and oxygen atoms in total. The zero-order chi connectivity index (χ0) is 13.6. The van der Waals surface area contributed by atoms with Crippen LogP contribution in [0.25, 0.3) is 0 Å². The van der Waals surface area contributed by atoms with E-state index in [1.807, 2.05) is 30.3 Å². The lowest BCUT2D eigenvalue weighted by Gasteiger charge is -2.12. The van der Waals surface area contributed by atoms with Crippen LogP contribution in [-0.2, 0) is 21.2 Å². The molecule has 6 heteroatoms. The average molecular weight is 271 g/mol. The summed E-state index contributed by atoms with van der Waals surface area (Å²) >= 11 is 0. The lowest BCUT2D eigenvalue weighted by Crippen LogP contribution is -2.37. The molecule has 0 fully saturated rings. The third-order valence-electron chi connectivity index (χ3n) is 2.13. The molecule has 0 heterocycles. The van der Waals surface area contributed by atoms with Crippen LogP contribution < -0.4 is 5.32 Å². The van der Waals surface area contributed by atoms with E-state index in [0.29, 0.717) is 0 Å². The number of carbonyl (C=O) groups is 1. The Morgan fingerprint density at radius 3 is 2.50 bits per heavy atom. The Morgan fingerprint density at radius 2 is 1.94 bits per heavy atom. The molecule has 1 atom stereocenters. The van der Waals surface area contributed by atoms with Crippen molar-refractivity contribution in [1.82, 2.24) is 5.32 Å². The predicted octanol–water partition coefficient (Wildman–Crippen LogP) is 1.35. The van der Waals surface area contributed by atoms with Gasteiger partial charge in [0.15, 0.2) is 0 Å². The quantitative estimate of drug-likeness (QED) is 0.877. The van der Waals surface area contributed by atoms with E-state index >= 15 is 0 Å². The molecule has 1 aromatic carbocycles. The van der Waals surface area contributed by atoms with E-state index in [4.69, 9.17) is 4.74 Å². The number of benzene rings is 1. The highest BCUT2D eigenvalue weighted by Gasteiger charge is 2.13. The summed E-state index contributed by atoms with van der Waals surface area (Å²) in [5, 5.41) is 2.47. The number of nitrogens with one attached hydrogen (secondary N) is 1. The number of hydrogen-bond donors (Lipinski definition) is 1. The van der Waals surface area contributed by atoms with E-state index in [2.05, 4.69) is 5.32 Å². The number of alkyl carbamates (subject to hydrolysis) is 1. The van der Waals surface area contributed by atoms with Crippen LogP contribution in [0.2, 0.25) is 0 Å². The predicted molar refractivity (Wildman–Crippen MR) is 68.9 cm³/mol. The highest BCUT2D eigenvalue weighted by atomic mass is 32.2. The Balaban J connectivity index is 2.34. The van der Waals surface area contributed by atoms with Crippen molar-refractivity contribution >= 4 is 15.9 Å². The first-order chi connectivity index (χ1) is 8.37. The van der Waals surface area contributed by atoms with Gasteiger partial charge >= 0.3 is 6.09 Å². The molecule has 0 aromatic heterocycles. The van der Waals surface area contributed by atoms with E-state index in [9.17, 15) is 13.2 Å². The minimum Gasteiger partial charge on any atom is -0.445 e. The smallest absolute Gasteiger partial charge is 0.407 e. The van der Waals surface area contributed by atoms with E-state index in [1.165, 1.54) is 0 Å². The minimum absolute atomic E-state index is 0.104. The van der Waals surface area contributed by atoms with Crippen LogP contribution in [0.4, 0.5) is 4.79 Å². The second-order valence-electron chi connectivity index (χ2n) is 4.20. The zero-order valence-electron chi connectivity index (χ0n) is 10.4. The summed E-state index contributed by atoms with van der Waals surface area (Å²) in [6, 6.07) is 8.78. The van der Waals surface area contributed by atoms with Crippen molar-refractivity contribution < 1.29 is 17.9 Å². The molecule has 0 saturated heterocycles. The summed E-state index contributed by atoms with van der Waals surface area (Å²) in [4.78, 5) is 11.4. The number of sulfone groups is 1. The van der Waals surface area contributed by atoms with Crippen LogP contribution in [0, 0.1) is 0 Å². The van der Waals surface area contributed by atoms with Crippen molar-refractivity contribution in [2.45, 2.75) is 19.6 Å². The van der Waals surface area contributed by atoms with Gasteiger partial charge in [0.25, 0.3) is 0 Å². The highest BCUT2D eigenvalue weighted by Crippen LogP contribution is 2.01. The first kappa shape index (κ1) is 14.5. The number of carbonyl (C=O) groups excluding carboxylic acids is 1. The van der Waals surface area contributed by atoms with Crippen LogP contribution in [0.15, 0.2) is 30.3 Å². The third kappa shape index (κ3) is 6.24. The first-order valence-electron chi connectivity index (χ1n) is 5.52. The van der Waals surface area contributed by atoms with Crippen LogP contribution in [0.5, 0.6) is 0 Å². The molecule has 0 bridgehead atoms. The molecule has 0 aliphatic heterocycles. The number of hydrogen-bond acceptors (Lipinski definition) is 4. The van der Waals surface area contributed by atoms with Gasteiger partial charge in [-0.15, -0.1) is 0 Å². The minimum atomic E-state index is -3.11. The van der Waals surface area contributed by atoms with Gasteiger partial charge in [-0.2, -0.15) is 0 Å². The normalized spacial score (nSPS) is 12.8. The molecule has 100 valence electrons. The number of rotatable bonds is 5. The van der Waals surface area contributed by atoms with Gasteiger partial charge in [-0.3, -0.25) is 0 Å². The largest absolute Gasteiger partial charge is 0.445 e. The number of amides is 1. The van der Waals surface area contributed by atoms with Crippen LogP contribution in [-0.4, -0.2) is 32.6 Å². The van der Waals surface area contributed by atoms with Gasteiger partial charge in [0.05, 0.1) is 5.75 Å². The maximum Gasteiger partial charge on any atom is 0.407 e. The fourth-order valence-electron chi connectivity index (χ4n) is 1.46. The van der Waals surface area contributed by atoms with Gasteiger partial charge in [0.1, 0.15) is 16.4 Å². The summed E-state index contributed by atoms with van der Waals surface area (Å²) in [7, 11) is -3.11. The maximum absolute atomic E-state index is 11.4. The Bertz CT molecular complexity index is 484. The van der Waals surface area contributed by atoms with Gasteiger partial charge in [-0.25, -0.2) is 13.2 Å². The average Bonchev–Trinajstić information content (AvgIpc) is 2.25. The molecule has 0 unspecified atom stereocenters. The van der Waals surface area contributed by atoms with Crippen LogP contribution >= 0.6 is 0 Å². The van der Waals surface area contributed by atoms with Crippen molar-refractivity contribution in [3.8, 4) is 0 Å². The Kier molecular flexibility index (Phi) is 5.15. The van der Waals surface area contributed by atoms with Crippen molar-refractivity contribution in [3.63, 3.8) is 0 Å². The fourth-order valence-corrected chi connectivity index (χ4v) is 2.45. The molecule has 1 amide bonds. The van der Waals surface area contributed by atoms with Gasteiger partial charge < -0.3 is 10.1 Å².